The number of aliphatic imine (C=N–C) groups is 1. The van der Waals surface area contributed by atoms with Gasteiger partial charge < -0.3 is 13.9 Å². The van der Waals surface area contributed by atoms with Gasteiger partial charge in [0.05, 0.1) is 18.1 Å². The number of hydrogen-bond acceptors (Lipinski definition) is 6. The van der Waals surface area contributed by atoms with Crippen LogP contribution in [0.4, 0.5) is 0 Å². The summed E-state index contributed by atoms with van der Waals surface area (Å²) in [6.45, 7) is 0. The van der Waals surface area contributed by atoms with Crippen LogP contribution in [-0.4, -0.2) is 19.0 Å². The van der Waals surface area contributed by atoms with E-state index < -0.39 is 5.97 Å². The highest BCUT2D eigenvalue weighted by atomic mass is 35.5. The molecule has 1 aromatic heterocycles. The number of nitrogens with zero attached hydrogens (tertiary/aromatic N) is 1. The van der Waals surface area contributed by atoms with Gasteiger partial charge in [0, 0.05) is 10.6 Å². The van der Waals surface area contributed by atoms with Gasteiger partial charge in [-0.05, 0) is 48.5 Å². The average molecular weight is 382 g/mol. The third-order valence-electron chi connectivity index (χ3n) is 4.01. The molecule has 7 heteroatoms. The van der Waals surface area contributed by atoms with Crippen molar-refractivity contribution in [3.8, 4) is 5.75 Å². The Morgan fingerprint density at radius 2 is 1.89 bits per heavy atom. The molecule has 2 heterocycles. The number of carbonyl (C=O) groups is 1. The van der Waals surface area contributed by atoms with Crippen LogP contribution in [0.25, 0.3) is 17.0 Å². The molecule has 0 N–H and O–H groups in total. The minimum atomic E-state index is -0.647. The van der Waals surface area contributed by atoms with Gasteiger partial charge in [0.1, 0.15) is 17.6 Å². The molecular formula is C20H12ClNO5. The van der Waals surface area contributed by atoms with E-state index >= 15 is 0 Å². The van der Waals surface area contributed by atoms with E-state index in [1.807, 2.05) is 0 Å². The molecule has 134 valence electrons. The predicted octanol–water partition coefficient (Wildman–Crippen LogP) is 3.80. The Morgan fingerprint density at radius 3 is 2.63 bits per heavy atom. The maximum atomic E-state index is 12.6. The molecular weight excluding hydrogens is 370 g/mol. The highest BCUT2D eigenvalue weighted by Gasteiger charge is 2.24. The van der Waals surface area contributed by atoms with Crippen LogP contribution in [0.5, 0.6) is 5.75 Å². The van der Waals surface area contributed by atoms with Crippen LogP contribution in [0.1, 0.15) is 11.1 Å². The number of hydrogen-bond donors (Lipinski definition) is 0. The first kappa shape index (κ1) is 17.1. The third kappa shape index (κ3) is 3.22. The number of fused-ring (bicyclic) bond motifs is 1. The Labute approximate surface area is 158 Å². The monoisotopic (exact) mass is 381 g/mol. The summed E-state index contributed by atoms with van der Waals surface area (Å²) in [5.74, 6) is 0.181. The first-order valence-corrected chi connectivity index (χ1v) is 8.31. The zero-order valence-electron chi connectivity index (χ0n) is 14.1. The van der Waals surface area contributed by atoms with E-state index in [9.17, 15) is 9.59 Å². The number of esters is 1. The second-order valence-electron chi connectivity index (χ2n) is 5.73. The van der Waals surface area contributed by atoms with Gasteiger partial charge in [0.2, 0.25) is 5.90 Å². The van der Waals surface area contributed by atoms with Crippen molar-refractivity contribution in [1.82, 2.24) is 0 Å². The van der Waals surface area contributed by atoms with Crippen molar-refractivity contribution < 1.29 is 18.7 Å². The first-order chi connectivity index (χ1) is 13.0. The number of rotatable bonds is 3. The first-order valence-electron chi connectivity index (χ1n) is 7.93. The van der Waals surface area contributed by atoms with Gasteiger partial charge in [0.25, 0.3) is 0 Å². The van der Waals surface area contributed by atoms with Crippen LogP contribution in [0, 0.1) is 0 Å². The van der Waals surface area contributed by atoms with Gasteiger partial charge in [-0.1, -0.05) is 11.6 Å². The van der Waals surface area contributed by atoms with Crippen molar-refractivity contribution in [2.75, 3.05) is 7.11 Å². The van der Waals surface area contributed by atoms with E-state index in [0.29, 0.717) is 27.3 Å². The Morgan fingerprint density at radius 1 is 1.11 bits per heavy atom. The molecule has 0 atom stereocenters. The lowest BCUT2D eigenvalue weighted by Crippen LogP contribution is -2.07. The topological polar surface area (TPSA) is 78.1 Å². The number of benzene rings is 2. The molecule has 0 aliphatic carbocycles. The Hall–Kier alpha value is -3.38. The van der Waals surface area contributed by atoms with Crippen LogP contribution >= 0.6 is 11.6 Å². The molecule has 1 aliphatic rings. The van der Waals surface area contributed by atoms with Crippen molar-refractivity contribution in [2.24, 2.45) is 4.99 Å². The second kappa shape index (κ2) is 6.74. The fourth-order valence-corrected chi connectivity index (χ4v) is 2.80. The molecule has 4 rings (SSSR count). The van der Waals surface area contributed by atoms with Gasteiger partial charge in [0.15, 0.2) is 11.1 Å². The summed E-state index contributed by atoms with van der Waals surface area (Å²) in [5, 5.41) is 0.738. The summed E-state index contributed by atoms with van der Waals surface area (Å²) in [6, 6.07) is 11.7. The molecule has 0 bridgehead atoms. The molecule has 1 aliphatic heterocycles. The van der Waals surface area contributed by atoms with Crippen molar-refractivity contribution in [2.45, 2.75) is 0 Å². The van der Waals surface area contributed by atoms with Crippen molar-refractivity contribution in [3.05, 3.63) is 80.8 Å². The SMILES string of the molecule is COc1ccc(C2=N/C(=C\c3coc4ccc(Cl)cc4c3=O)C(=O)O2)cc1. The summed E-state index contributed by atoms with van der Waals surface area (Å²) in [7, 11) is 1.56. The molecule has 0 fully saturated rings. The Balaban J connectivity index is 1.74. The highest BCUT2D eigenvalue weighted by Crippen LogP contribution is 2.22. The number of carbonyl (C=O) groups excluding carboxylic acids is 1. The maximum Gasteiger partial charge on any atom is 0.363 e. The van der Waals surface area contributed by atoms with E-state index in [1.54, 1.807) is 43.5 Å². The number of cyclic esters (lactones) is 1. The van der Waals surface area contributed by atoms with E-state index in [0.717, 1.165) is 0 Å². The fourth-order valence-electron chi connectivity index (χ4n) is 2.63. The predicted molar refractivity (Wildman–Crippen MR) is 101 cm³/mol. The zero-order chi connectivity index (χ0) is 19.0. The summed E-state index contributed by atoms with van der Waals surface area (Å²) < 4.78 is 15.7. The summed E-state index contributed by atoms with van der Waals surface area (Å²) in [4.78, 5) is 28.9. The second-order valence-corrected chi connectivity index (χ2v) is 6.16. The molecule has 0 amide bonds. The molecule has 0 spiro atoms. The van der Waals surface area contributed by atoms with Crippen LogP contribution < -0.4 is 10.2 Å². The highest BCUT2D eigenvalue weighted by molar-refractivity contribution is 6.31. The van der Waals surface area contributed by atoms with E-state index in [4.69, 9.17) is 25.5 Å². The molecule has 27 heavy (non-hydrogen) atoms. The Bertz CT molecular complexity index is 1180. The summed E-state index contributed by atoms with van der Waals surface area (Å²) in [6.07, 6.45) is 2.62. The number of halogens is 1. The van der Waals surface area contributed by atoms with E-state index in [-0.39, 0.29) is 22.6 Å². The minimum absolute atomic E-state index is 0.00879. The molecule has 6 nitrogen and oxygen atoms in total. The van der Waals surface area contributed by atoms with Gasteiger partial charge in [-0.15, -0.1) is 0 Å². The van der Waals surface area contributed by atoms with Gasteiger partial charge >= 0.3 is 5.97 Å². The van der Waals surface area contributed by atoms with Gasteiger partial charge in [-0.25, -0.2) is 9.79 Å². The molecule has 0 radical (unpaired) electrons. The standard InChI is InChI=1S/C20H12ClNO5/c1-25-14-5-2-11(3-6-14)19-22-16(20(24)27-19)8-12-10-26-17-7-4-13(21)9-15(17)18(12)23/h2-10H,1H3/b16-8-. The van der Waals surface area contributed by atoms with Crippen molar-refractivity contribution >= 4 is 40.5 Å². The molecule has 3 aromatic rings. The molecule has 0 saturated carbocycles. The van der Waals surface area contributed by atoms with Crippen molar-refractivity contribution in [1.29, 1.82) is 0 Å². The quantitative estimate of drug-likeness (QED) is 0.509. The number of ether oxygens (including phenoxy) is 2. The maximum absolute atomic E-state index is 12.6. The van der Waals surface area contributed by atoms with Crippen LogP contribution in [0.2, 0.25) is 5.02 Å². The molecule has 2 aromatic carbocycles. The fraction of sp³-hybridized carbons (Fsp3) is 0.0500. The minimum Gasteiger partial charge on any atom is -0.497 e. The third-order valence-corrected chi connectivity index (χ3v) is 4.25. The van der Waals surface area contributed by atoms with Gasteiger partial charge in [-0.2, -0.15) is 0 Å². The smallest absolute Gasteiger partial charge is 0.363 e. The van der Waals surface area contributed by atoms with Crippen molar-refractivity contribution in [3.63, 3.8) is 0 Å². The van der Waals surface area contributed by atoms with E-state index in [1.165, 1.54) is 18.4 Å². The normalized spacial score (nSPS) is 15.1. The average Bonchev–Trinajstić information content (AvgIpc) is 3.05. The van der Waals surface area contributed by atoms with Crippen LogP contribution in [0.3, 0.4) is 0 Å². The van der Waals surface area contributed by atoms with Crippen LogP contribution in [-0.2, 0) is 9.53 Å². The number of methoxy groups -OCH3 is 1. The lowest BCUT2D eigenvalue weighted by Gasteiger charge is -2.01. The summed E-state index contributed by atoms with van der Waals surface area (Å²) in [5.41, 5.74) is 0.894. The van der Waals surface area contributed by atoms with E-state index in [2.05, 4.69) is 4.99 Å². The lowest BCUT2D eigenvalue weighted by molar-refractivity contribution is -0.129. The molecule has 0 unspecified atom stereocenters. The summed E-state index contributed by atoms with van der Waals surface area (Å²) >= 11 is 5.94. The largest absolute Gasteiger partial charge is 0.497 e. The van der Waals surface area contributed by atoms with Gasteiger partial charge in [-0.3, -0.25) is 4.79 Å². The Kier molecular flexibility index (Phi) is 4.25. The van der Waals surface area contributed by atoms with Crippen LogP contribution in [0.15, 0.2) is 68.6 Å². The zero-order valence-corrected chi connectivity index (χ0v) is 14.8. The lowest BCUT2D eigenvalue weighted by atomic mass is 10.1. The molecule has 0 saturated heterocycles.